The molecule has 0 radical (unpaired) electrons. The van der Waals surface area contributed by atoms with E-state index in [4.69, 9.17) is 11.6 Å². The van der Waals surface area contributed by atoms with Crippen molar-refractivity contribution < 1.29 is 8.78 Å². The van der Waals surface area contributed by atoms with Crippen LogP contribution in [0.5, 0.6) is 0 Å². The van der Waals surface area contributed by atoms with E-state index in [1.165, 1.54) is 6.07 Å². The molecule has 0 heterocycles. The molecule has 1 atom stereocenters. The van der Waals surface area contributed by atoms with E-state index in [2.05, 4.69) is 6.07 Å². The van der Waals surface area contributed by atoms with Crippen molar-refractivity contribution in [1.82, 2.24) is 0 Å². The molecule has 0 aliphatic carbocycles. The predicted octanol–water partition coefficient (Wildman–Crippen LogP) is 5.10. The fourth-order valence-corrected chi connectivity index (χ4v) is 2.49. The first-order valence-electron chi connectivity index (χ1n) is 6.12. The van der Waals surface area contributed by atoms with Gasteiger partial charge in [-0.2, -0.15) is 0 Å². The fraction of sp³-hybridized carbons (Fsp3) is 0.250. The minimum absolute atomic E-state index is 0.247. The van der Waals surface area contributed by atoms with Gasteiger partial charge in [0.2, 0.25) is 0 Å². The molecule has 1 unspecified atom stereocenters. The Morgan fingerprint density at radius 1 is 0.947 bits per heavy atom. The van der Waals surface area contributed by atoms with Gasteiger partial charge in [-0.05, 0) is 43.5 Å². The van der Waals surface area contributed by atoms with Crippen LogP contribution in [-0.2, 0) is 6.42 Å². The lowest BCUT2D eigenvalue weighted by Crippen LogP contribution is -1.98. The summed E-state index contributed by atoms with van der Waals surface area (Å²) in [6, 6.07) is 10.0. The second-order valence-corrected chi connectivity index (χ2v) is 5.37. The van der Waals surface area contributed by atoms with Crippen molar-refractivity contribution in [3.8, 4) is 0 Å². The van der Waals surface area contributed by atoms with E-state index in [0.29, 0.717) is 12.0 Å². The molecule has 0 saturated carbocycles. The van der Waals surface area contributed by atoms with Crippen LogP contribution in [0, 0.1) is 25.5 Å². The lowest BCUT2D eigenvalue weighted by atomic mass is 10.00. The van der Waals surface area contributed by atoms with Gasteiger partial charge < -0.3 is 0 Å². The fourth-order valence-electron chi connectivity index (χ4n) is 2.18. The van der Waals surface area contributed by atoms with Crippen LogP contribution in [-0.4, -0.2) is 0 Å². The minimum atomic E-state index is -0.832. The lowest BCUT2D eigenvalue weighted by molar-refractivity contribution is 0.507. The van der Waals surface area contributed by atoms with Crippen molar-refractivity contribution in [1.29, 1.82) is 0 Å². The Bertz CT molecular complexity index is 573. The van der Waals surface area contributed by atoms with E-state index in [1.807, 2.05) is 26.0 Å². The maximum Gasteiger partial charge on any atom is 0.159 e. The Kier molecular flexibility index (Phi) is 4.20. The van der Waals surface area contributed by atoms with Crippen molar-refractivity contribution >= 4 is 11.6 Å². The van der Waals surface area contributed by atoms with Gasteiger partial charge in [0.1, 0.15) is 0 Å². The maximum absolute atomic E-state index is 13.1. The molecule has 19 heavy (non-hydrogen) atoms. The molecule has 0 amide bonds. The molecule has 2 aromatic rings. The third-order valence-corrected chi connectivity index (χ3v) is 3.41. The predicted molar refractivity (Wildman–Crippen MR) is 74.6 cm³/mol. The summed E-state index contributed by atoms with van der Waals surface area (Å²) in [6.07, 6.45) is 0.474. The summed E-state index contributed by atoms with van der Waals surface area (Å²) in [4.78, 5) is 0. The van der Waals surface area contributed by atoms with Gasteiger partial charge in [0, 0.05) is 0 Å². The number of alkyl halides is 1. The molecule has 0 aliphatic rings. The van der Waals surface area contributed by atoms with Crippen LogP contribution in [0.3, 0.4) is 0 Å². The number of hydrogen-bond acceptors (Lipinski definition) is 0. The highest BCUT2D eigenvalue weighted by Crippen LogP contribution is 2.27. The van der Waals surface area contributed by atoms with Crippen LogP contribution < -0.4 is 0 Å². The Morgan fingerprint density at radius 2 is 1.58 bits per heavy atom. The number of benzene rings is 2. The molecule has 0 nitrogen and oxygen atoms in total. The highest BCUT2D eigenvalue weighted by molar-refractivity contribution is 6.20. The monoisotopic (exact) mass is 280 g/mol. The normalized spacial score (nSPS) is 12.5. The zero-order valence-corrected chi connectivity index (χ0v) is 11.6. The third-order valence-electron chi connectivity index (χ3n) is 3.00. The summed E-state index contributed by atoms with van der Waals surface area (Å²) in [7, 11) is 0. The standard InChI is InChI=1S/C16H15ClF2/c1-10-5-11(2)7-13(6-10)14(17)8-12-3-4-15(18)16(19)9-12/h3-7,9,14H,8H2,1-2H3. The summed E-state index contributed by atoms with van der Waals surface area (Å²) >= 11 is 6.36. The van der Waals surface area contributed by atoms with Crippen molar-refractivity contribution in [2.75, 3.05) is 0 Å². The van der Waals surface area contributed by atoms with Gasteiger partial charge in [0.15, 0.2) is 11.6 Å². The van der Waals surface area contributed by atoms with E-state index in [9.17, 15) is 8.78 Å². The molecule has 0 saturated heterocycles. The van der Waals surface area contributed by atoms with Crippen LogP contribution in [0.25, 0.3) is 0 Å². The lowest BCUT2D eigenvalue weighted by Gasteiger charge is -2.12. The molecular formula is C16H15ClF2. The summed E-state index contributed by atoms with van der Waals surface area (Å²) in [5.41, 5.74) is 3.99. The molecule has 0 fully saturated rings. The number of aryl methyl sites for hydroxylation is 2. The first kappa shape index (κ1) is 14.0. The number of rotatable bonds is 3. The Morgan fingerprint density at radius 3 is 2.16 bits per heavy atom. The number of halogens is 3. The smallest absolute Gasteiger partial charge is 0.159 e. The van der Waals surface area contributed by atoms with Gasteiger partial charge in [0.25, 0.3) is 0 Å². The summed E-state index contributed by atoms with van der Waals surface area (Å²) in [5, 5.41) is -0.247. The van der Waals surface area contributed by atoms with Gasteiger partial charge >= 0.3 is 0 Å². The first-order chi connectivity index (χ1) is 8.95. The Balaban J connectivity index is 2.20. The highest BCUT2D eigenvalue weighted by atomic mass is 35.5. The van der Waals surface area contributed by atoms with Crippen molar-refractivity contribution in [3.63, 3.8) is 0 Å². The molecule has 0 aliphatic heterocycles. The van der Waals surface area contributed by atoms with Crippen LogP contribution in [0.1, 0.15) is 27.6 Å². The average molecular weight is 281 g/mol. The second-order valence-electron chi connectivity index (χ2n) is 4.84. The summed E-state index contributed by atoms with van der Waals surface area (Å²) in [5.74, 6) is -1.66. The molecule has 100 valence electrons. The molecule has 0 aromatic heterocycles. The first-order valence-corrected chi connectivity index (χ1v) is 6.55. The molecule has 3 heteroatoms. The van der Waals surface area contributed by atoms with Gasteiger partial charge in [-0.1, -0.05) is 35.4 Å². The highest BCUT2D eigenvalue weighted by Gasteiger charge is 2.11. The van der Waals surface area contributed by atoms with Crippen molar-refractivity contribution in [2.24, 2.45) is 0 Å². The van der Waals surface area contributed by atoms with E-state index < -0.39 is 11.6 Å². The topological polar surface area (TPSA) is 0 Å². The largest absolute Gasteiger partial charge is 0.204 e. The van der Waals surface area contributed by atoms with Crippen molar-refractivity contribution in [2.45, 2.75) is 25.6 Å². The van der Waals surface area contributed by atoms with Crippen LogP contribution >= 0.6 is 11.6 Å². The summed E-state index contributed by atoms with van der Waals surface area (Å²) < 4.78 is 26.0. The molecule has 0 bridgehead atoms. The molecular weight excluding hydrogens is 266 g/mol. The van der Waals surface area contributed by atoms with Crippen LogP contribution in [0.4, 0.5) is 8.78 Å². The second kappa shape index (κ2) is 5.70. The quantitative estimate of drug-likeness (QED) is 0.686. The van der Waals surface area contributed by atoms with E-state index >= 15 is 0 Å². The molecule has 2 rings (SSSR count). The molecule has 2 aromatic carbocycles. The molecule has 0 spiro atoms. The zero-order valence-electron chi connectivity index (χ0n) is 10.9. The van der Waals surface area contributed by atoms with Gasteiger partial charge in [-0.25, -0.2) is 8.78 Å². The van der Waals surface area contributed by atoms with Gasteiger partial charge in [-0.3, -0.25) is 0 Å². The van der Waals surface area contributed by atoms with Gasteiger partial charge in [0.05, 0.1) is 5.38 Å². The van der Waals surface area contributed by atoms with E-state index in [1.54, 1.807) is 6.07 Å². The third kappa shape index (κ3) is 3.54. The zero-order chi connectivity index (χ0) is 14.0. The Hall–Kier alpha value is -1.41. The maximum atomic E-state index is 13.1. The summed E-state index contributed by atoms with van der Waals surface area (Å²) in [6.45, 7) is 4.02. The van der Waals surface area contributed by atoms with Gasteiger partial charge in [-0.15, -0.1) is 11.6 Å². The van der Waals surface area contributed by atoms with Crippen molar-refractivity contribution in [3.05, 3.63) is 70.3 Å². The van der Waals surface area contributed by atoms with Crippen LogP contribution in [0.15, 0.2) is 36.4 Å². The van der Waals surface area contributed by atoms with Crippen LogP contribution in [0.2, 0.25) is 0 Å². The van der Waals surface area contributed by atoms with E-state index in [0.717, 1.165) is 22.8 Å². The Labute approximate surface area is 117 Å². The van der Waals surface area contributed by atoms with E-state index in [-0.39, 0.29) is 5.38 Å². The molecule has 0 N–H and O–H groups in total. The SMILES string of the molecule is Cc1cc(C)cc(C(Cl)Cc2ccc(F)c(F)c2)c1. The minimum Gasteiger partial charge on any atom is -0.204 e. The average Bonchev–Trinajstić information content (AvgIpc) is 2.32. The number of hydrogen-bond donors (Lipinski definition) is 0.